The molecule has 1 saturated heterocycles. The second-order valence-electron chi connectivity index (χ2n) is 5.03. The van der Waals surface area contributed by atoms with Crippen molar-refractivity contribution in [3.63, 3.8) is 0 Å². The Morgan fingerprint density at radius 3 is 2.86 bits per heavy atom. The van der Waals surface area contributed by atoms with Crippen LogP contribution in [0.15, 0.2) is 18.2 Å². The summed E-state index contributed by atoms with van der Waals surface area (Å²) in [6, 6.07) is 4.38. The highest BCUT2D eigenvalue weighted by atomic mass is 19.1. The molecule has 1 heterocycles. The molecule has 1 aromatic carbocycles. The fraction of sp³-hybridized carbons (Fsp3) is 0.467. The van der Waals surface area contributed by atoms with Crippen molar-refractivity contribution < 1.29 is 23.5 Å². The van der Waals surface area contributed by atoms with Gasteiger partial charge in [0.1, 0.15) is 5.82 Å². The maximum atomic E-state index is 13.4. The molecule has 21 heavy (non-hydrogen) atoms. The third-order valence-electron chi connectivity index (χ3n) is 3.29. The number of hydrogen-bond donors (Lipinski definition) is 1. The molecule has 1 aliphatic heterocycles. The molecule has 0 saturated carbocycles. The van der Waals surface area contributed by atoms with Crippen molar-refractivity contribution in [2.45, 2.75) is 38.9 Å². The molecule has 0 aliphatic carbocycles. The fourth-order valence-corrected chi connectivity index (χ4v) is 1.98. The fourth-order valence-electron chi connectivity index (χ4n) is 1.98. The van der Waals surface area contributed by atoms with E-state index >= 15 is 0 Å². The van der Waals surface area contributed by atoms with Crippen molar-refractivity contribution in [2.75, 3.05) is 11.9 Å². The number of aryl methyl sites for hydroxylation is 1. The zero-order valence-electron chi connectivity index (χ0n) is 12.0. The summed E-state index contributed by atoms with van der Waals surface area (Å²) in [6.07, 6.45) is -0.137. The van der Waals surface area contributed by atoms with Crippen molar-refractivity contribution in [2.24, 2.45) is 0 Å². The first-order valence-electron chi connectivity index (χ1n) is 6.86. The molecule has 114 valence electrons. The Balaban J connectivity index is 1.89. The molecule has 0 bridgehead atoms. The third kappa shape index (κ3) is 4.01. The summed E-state index contributed by atoms with van der Waals surface area (Å²) in [7, 11) is 0. The zero-order chi connectivity index (χ0) is 15.4. The van der Waals surface area contributed by atoms with Gasteiger partial charge in [0.25, 0.3) is 5.91 Å². The Kier molecular flexibility index (Phi) is 4.90. The zero-order valence-corrected chi connectivity index (χ0v) is 12.0. The van der Waals surface area contributed by atoms with E-state index in [1.165, 1.54) is 13.0 Å². The summed E-state index contributed by atoms with van der Waals surface area (Å²) >= 11 is 0. The van der Waals surface area contributed by atoms with Gasteiger partial charge >= 0.3 is 5.97 Å². The quantitative estimate of drug-likeness (QED) is 0.865. The molecular formula is C15H18FNO4. The molecule has 6 heteroatoms. The van der Waals surface area contributed by atoms with Crippen LogP contribution in [-0.4, -0.2) is 30.7 Å². The lowest BCUT2D eigenvalue weighted by molar-refractivity contribution is -0.162. The van der Waals surface area contributed by atoms with Gasteiger partial charge in [-0.1, -0.05) is 6.07 Å². The minimum absolute atomic E-state index is 0.322. The van der Waals surface area contributed by atoms with E-state index in [1.807, 2.05) is 0 Å². The van der Waals surface area contributed by atoms with E-state index in [1.54, 1.807) is 19.1 Å². The van der Waals surface area contributed by atoms with Crippen LogP contribution in [0.25, 0.3) is 0 Å². The van der Waals surface area contributed by atoms with Gasteiger partial charge < -0.3 is 14.8 Å². The van der Waals surface area contributed by atoms with Crippen LogP contribution < -0.4 is 5.32 Å². The second-order valence-corrected chi connectivity index (χ2v) is 5.03. The van der Waals surface area contributed by atoms with Gasteiger partial charge in [0.05, 0.1) is 0 Å². The van der Waals surface area contributed by atoms with Crippen molar-refractivity contribution in [1.82, 2.24) is 0 Å². The second kappa shape index (κ2) is 6.67. The maximum Gasteiger partial charge on any atom is 0.336 e. The lowest BCUT2D eigenvalue weighted by Gasteiger charge is -2.16. The van der Waals surface area contributed by atoms with Crippen molar-refractivity contribution in [3.05, 3.63) is 29.6 Å². The Labute approximate surface area is 122 Å². The highest BCUT2D eigenvalue weighted by Crippen LogP contribution is 2.16. The van der Waals surface area contributed by atoms with Crippen LogP contribution >= 0.6 is 0 Å². The van der Waals surface area contributed by atoms with E-state index in [-0.39, 0.29) is 0 Å². The summed E-state index contributed by atoms with van der Waals surface area (Å²) in [5.74, 6) is -1.45. The molecule has 5 nitrogen and oxygen atoms in total. The average molecular weight is 295 g/mol. The number of anilines is 1. The average Bonchev–Trinajstić information content (AvgIpc) is 2.97. The molecule has 0 radical (unpaired) electrons. The smallest absolute Gasteiger partial charge is 0.336 e. The monoisotopic (exact) mass is 295 g/mol. The molecule has 0 aromatic heterocycles. The number of esters is 1. The number of carbonyl (C=O) groups is 2. The number of rotatable bonds is 4. The number of benzene rings is 1. The number of carbonyl (C=O) groups excluding carboxylic acids is 2. The molecule has 2 rings (SSSR count). The van der Waals surface area contributed by atoms with Gasteiger partial charge in [0.15, 0.2) is 12.2 Å². The number of hydrogen-bond acceptors (Lipinski definition) is 4. The number of halogens is 1. The molecule has 1 fully saturated rings. The Morgan fingerprint density at radius 2 is 2.24 bits per heavy atom. The van der Waals surface area contributed by atoms with E-state index < -0.39 is 29.9 Å². The van der Waals surface area contributed by atoms with E-state index in [9.17, 15) is 14.0 Å². The third-order valence-corrected chi connectivity index (χ3v) is 3.29. The maximum absolute atomic E-state index is 13.4. The summed E-state index contributed by atoms with van der Waals surface area (Å²) < 4.78 is 23.6. The standard InChI is InChI=1S/C15H18FNO4/c1-9-5-6-11(8-12(9)16)17-14(18)10(2)21-15(19)13-4-3-7-20-13/h5-6,8,10,13H,3-4,7H2,1-2H3,(H,17,18)/t10-,13-/m0/s1. The first-order valence-corrected chi connectivity index (χ1v) is 6.86. The topological polar surface area (TPSA) is 64.6 Å². The predicted octanol–water partition coefficient (Wildman–Crippen LogP) is 2.18. The van der Waals surface area contributed by atoms with Crippen LogP contribution in [0.2, 0.25) is 0 Å². The Morgan fingerprint density at radius 1 is 1.48 bits per heavy atom. The summed E-state index contributed by atoms with van der Waals surface area (Å²) in [4.78, 5) is 23.6. The van der Waals surface area contributed by atoms with Gasteiger partial charge in [-0.3, -0.25) is 4.79 Å². The highest BCUT2D eigenvalue weighted by molar-refractivity contribution is 5.95. The van der Waals surface area contributed by atoms with E-state index in [0.717, 1.165) is 6.42 Å². The molecule has 0 spiro atoms. The number of ether oxygens (including phenoxy) is 2. The van der Waals surface area contributed by atoms with Crippen molar-refractivity contribution in [1.29, 1.82) is 0 Å². The normalized spacial score (nSPS) is 19.1. The highest BCUT2D eigenvalue weighted by Gasteiger charge is 2.28. The molecule has 1 aromatic rings. The van der Waals surface area contributed by atoms with E-state index in [2.05, 4.69) is 5.32 Å². The molecule has 2 atom stereocenters. The van der Waals surface area contributed by atoms with Crippen LogP contribution in [-0.2, 0) is 19.1 Å². The van der Waals surface area contributed by atoms with Crippen LogP contribution in [0.1, 0.15) is 25.3 Å². The van der Waals surface area contributed by atoms with E-state index in [4.69, 9.17) is 9.47 Å². The van der Waals surface area contributed by atoms with Gasteiger partial charge in [0, 0.05) is 12.3 Å². The van der Waals surface area contributed by atoms with Crippen LogP contribution in [0.4, 0.5) is 10.1 Å². The summed E-state index contributed by atoms with van der Waals surface area (Å²) in [6.45, 7) is 3.63. The first kappa shape index (κ1) is 15.4. The molecule has 1 amide bonds. The summed E-state index contributed by atoms with van der Waals surface area (Å²) in [5.41, 5.74) is 0.814. The molecular weight excluding hydrogens is 277 g/mol. The van der Waals surface area contributed by atoms with Crippen molar-refractivity contribution in [3.8, 4) is 0 Å². The molecule has 1 aliphatic rings. The van der Waals surface area contributed by atoms with Gasteiger partial charge in [-0.05, 0) is 44.4 Å². The minimum atomic E-state index is -0.967. The first-order chi connectivity index (χ1) is 9.97. The van der Waals surface area contributed by atoms with Crippen molar-refractivity contribution >= 4 is 17.6 Å². The lowest BCUT2D eigenvalue weighted by atomic mass is 10.2. The Bertz CT molecular complexity index is 540. The number of nitrogens with one attached hydrogen (secondary N) is 1. The minimum Gasteiger partial charge on any atom is -0.451 e. The van der Waals surface area contributed by atoms with Gasteiger partial charge in [0.2, 0.25) is 0 Å². The lowest BCUT2D eigenvalue weighted by Crippen LogP contribution is -2.34. The summed E-state index contributed by atoms with van der Waals surface area (Å²) in [5, 5.41) is 2.51. The van der Waals surface area contributed by atoms with Crippen LogP contribution in [0.5, 0.6) is 0 Å². The van der Waals surface area contributed by atoms with Crippen LogP contribution in [0, 0.1) is 12.7 Å². The predicted molar refractivity (Wildman–Crippen MR) is 74.3 cm³/mol. The van der Waals surface area contributed by atoms with Gasteiger partial charge in [-0.25, -0.2) is 9.18 Å². The SMILES string of the molecule is Cc1ccc(NC(=O)[C@H](C)OC(=O)[C@@H]2CCCO2)cc1F. The van der Waals surface area contributed by atoms with Crippen LogP contribution in [0.3, 0.4) is 0 Å². The Hall–Kier alpha value is -1.95. The molecule has 0 unspecified atom stereocenters. The largest absolute Gasteiger partial charge is 0.451 e. The van der Waals surface area contributed by atoms with E-state index in [0.29, 0.717) is 24.3 Å². The van der Waals surface area contributed by atoms with Gasteiger partial charge in [-0.2, -0.15) is 0 Å². The molecule has 1 N–H and O–H groups in total. The van der Waals surface area contributed by atoms with Gasteiger partial charge in [-0.15, -0.1) is 0 Å². The number of amides is 1.